The lowest BCUT2D eigenvalue weighted by Gasteiger charge is -2.24. The van der Waals surface area contributed by atoms with Gasteiger partial charge in [-0.05, 0) is 61.5 Å². The van der Waals surface area contributed by atoms with E-state index in [0.717, 1.165) is 23.3 Å². The molecule has 0 saturated carbocycles. The third-order valence-corrected chi connectivity index (χ3v) is 5.21. The van der Waals surface area contributed by atoms with Crippen molar-refractivity contribution >= 4 is 23.1 Å². The highest BCUT2D eigenvalue weighted by Crippen LogP contribution is 2.21. The van der Waals surface area contributed by atoms with Gasteiger partial charge in [0.15, 0.2) is 0 Å². The number of hydrogen-bond donors (Lipinski definition) is 1. The summed E-state index contributed by atoms with van der Waals surface area (Å²) in [5.74, 6) is 0.776. The van der Waals surface area contributed by atoms with Crippen molar-refractivity contribution in [2.75, 3.05) is 20.7 Å². The van der Waals surface area contributed by atoms with Crippen molar-refractivity contribution in [3.05, 3.63) is 90.1 Å². The predicted octanol–water partition coefficient (Wildman–Crippen LogP) is 4.68. The van der Waals surface area contributed by atoms with Crippen molar-refractivity contribution in [2.45, 2.75) is 12.5 Å². The van der Waals surface area contributed by atoms with Crippen molar-refractivity contribution in [3.63, 3.8) is 0 Å². The molecule has 0 radical (unpaired) electrons. The van der Waals surface area contributed by atoms with E-state index in [1.807, 2.05) is 36.5 Å². The van der Waals surface area contributed by atoms with Crippen LogP contribution in [0.4, 0.5) is 0 Å². The lowest BCUT2D eigenvalue weighted by Crippen LogP contribution is -2.35. The number of fused-ring (bicyclic) bond motifs is 1. The molecule has 0 amide bonds. The fourth-order valence-corrected chi connectivity index (χ4v) is 3.41. The molecular formula is C25H26N4O. The number of likely N-dealkylation sites (N-methyl/N-ethyl adjacent to an activating group) is 1. The van der Waals surface area contributed by atoms with Crippen LogP contribution in [-0.4, -0.2) is 46.6 Å². The van der Waals surface area contributed by atoms with E-state index in [1.54, 1.807) is 18.6 Å². The van der Waals surface area contributed by atoms with Crippen LogP contribution in [0.3, 0.4) is 0 Å². The van der Waals surface area contributed by atoms with Crippen molar-refractivity contribution in [1.29, 1.82) is 0 Å². The Bertz CT molecular complexity index is 1120. The van der Waals surface area contributed by atoms with E-state index >= 15 is 0 Å². The highest BCUT2D eigenvalue weighted by Gasteiger charge is 2.16. The van der Waals surface area contributed by atoms with Gasteiger partial charge in [-0.3, -0.25) is 9.97 Å². The Morgan fingerprint density at radius 3 is 2.63 bits per heavy atom. The van der Waals surface area contributed by atoms with E-state index in [1.165, 1.54) is 16.5 Å². The molecule has 152 valence electrons. The zero-order chi connectivity index (χ0) is 20.8. The van der Waals surface area contributed by atoms with Gasteiger partial charge in [0, 0.05) is 41.7 Å². The molecule has 0 aliphatic rings. The third-order valence-electron chi connectivity index (χ3n) is 5.21. The van der Waals surface area contributed by atoms with Gasteiger partial charge >= 0.3 is 0 Å². The van der Waals surface area contributed by atoms with E-state index in [4.69, 9.17) is 4.74 Å². The highest BCUT2D eigenvalue weighted by atomic mass is 16.5. The number of pyridine rings is 2. The molecule has 3 heterocycles. The van der Waals surface area contributed by atoms with Crippen LogP contribution in [0.1, 0.15) is 16.7 Å². The molecular weight excluding hydrogens is 372 g/mol. The lowest BCUT2D eigenvalue weighted by atomic mass is 10.0. The van der Waals surface area contributed by atoms with Crippen molar-refractivity contribution in [1.82, 2.24) is 19.9 Å². The molecule has 0 unspecified atom stereocenters. The number of ether oxygens (including phenoxy) is 1. The maximum absolute atomic E-state index is 6.12. The van der Waals surface area contributed by atoms with Crippen LogP contribution in [0.15, 0.2) is 73.4 Å². The summed E-state index contributed by atoms with van der Waals surface area (Å²) >= 11 is 0. The first-order chi connectivity index (χ1) is 14.7. The fourth-order valence-electron chi connectivity index (χ4n) is 3.41. The first-order valence-electron chi connectivity index (χ1n) is 10.1. The average molecular weight is 399 g/mol. The SMILES string of the molecule is CN(C)[C@H](COc1cncc(C=Cc2ccncc2)c1)Cc1c[nH]c2ccccc12. The Kier molecular flexibility index (Phi) is 6.20. The number of rotatable bonds is 8. The summed E-state index contributed by atoms with van der Waals surface area (Å²) in [6.07, 6.45) is 14.3. The maximum Gasteiger partial charge on any atom is 0.138 e. The largest absolute Gasteiger partial charge is 0.490 e. The van der Waals surface area contributed by atoms with Gasteiger partial charge in [0.25, 0.3) is 0 Å². The first kappa shape index (κ1) is 19.9. The van der Waals surface area contributed by atoms with Crippen LogP contribution in [0.25, 0.3) is 23.1 Å². The smallest absolute Gasteiger partial charge is 0.138 e. The molecule has 1 atom stereocenters. The highest BCUT2D eigenvalue weighted by molar-refractivity contribution is 5.83. The molecule has 1 aromatic carbocycles. The quantitative estimate of drug-likeness (QED) is 0.468. The molecule has 0 fully saturated rings. The Labute approximate surface area is 177 Å². The Balaban J connectivity index is 1.42. The van der Waals surface area contributed by atoms with Gasteiger partial charge < -0.3 is 14.6 Å². The van der Waals surface area contributed by atoms with Crippen LogP contribution in [-0.2, 0) is 6.42 Å². The molecule has 3 aromatic heterocycles. The molecule has 0 aliphatic heterocycles. The minimum absolute atomic E-state index is 0.250. The first-order valence-corrected chi connectivity index (χ1v) is 10.1. The minimum atomic E-state index is 0.250. The summed E-state index contributed by atoms with van der Waals surface area (Å²) in [5, 5.41) is 1.27. The second-order valence-corrected chi connectivity index (χ2v) is 7.56. The summed E-state index contributed by atoms with van der Waals surface area (Å²) in [5.41, 5.74) is 4.58. The predicted molar refractivity (Wildman–Crippen MR) is 122 cm³/mol. The van der Waals surface area contributed by atoms with Crippen molar-refractivity contribution in [2.24, 2.45) is 0 Å². The molecule has 0 bridgehead atoms. The zero-order valence-electron chi connectivity index (χ0n) is 17.3. The Hall–Kier alpha value is -3.44. The van der Waals surface area contributed by atoms with Gasteiger partial charge in [-0.15, -0.1) is 0 Å². The number of nitrogens with zero attached hydrogens (tertiary/aromatic N) is 3. The van der Waals surface area contributed by atoms with Crippen LogP contribution >= 0.6 is 0 Å². The van der Waals surface area contributed by atoms with E-state index in [-0.39, 0.29) is 6.04 Å². The van der Waals surface area contributed by atoms with Crippen LogP contribution in [0.5, 0.6) is 5.75 Å². The van der Waals surface area contributed by atoms with Gasteiger partial charge in [-0.2, -0.15) is 0 Å². The number of H-pyrrole nitrogens is 1. The van der Waals surface area contributed by atoms with Crippen LogP contribution in [0, 0.1) is 0 Å². The monoisotopic (exact) mass is 398 g/mol. The van der Waals surface area contributed by atoms with Gasteiger partial charge in [0.2, 0.25) is 0 Å². The van der Waals surface area contributed by atoms with Gasteiger partial charge in [0.05, 0.1) is 6.20 Å². The standard InChI is InChI=1S/C25H26N4O/c1-29(2)22(14-21-16-28-25-6-4-3-5-24(21)25)18-30-23-13-20(15-27-17-23)8-7-19-9-11-26-12-10-19/h3-13,15-17,22,28H,14,18H2,1-2H3/t22-/m0/s1. The minimum Gasteiger partial charge on any atom is -0.490 e. The molecule has 1 N–H and O–H groups in total. The molecule has 4 aromatic rings. The van der Waals surface area contributed by atoms with Gasteiger partial charge in [-0.25, -0.2) is 0 Å². The van der Waals surface area contributed by atoms with Crippen LogP contribution < -0.4 is 4.74 Å². The second-order valence-electron chi connectivity index (χ2n) is 7.56. The number of aromatic nitrogens is 3. The molecule has 0 spiro atoms. The molecule has 0 aliphatic carbocycles. The topological polar surface area (TPSA) is 54.0 Å². The summed E-state index contributed by atoms with van der Waals surface area (Å²) < 4.78 is 6.12. The zero-order valence-corrected chi connectivity index (χ0v) is 17.3. The van der Waals surface area contributed by atoms with E-state index in [0.29, 0.717) is 6.61 Å². The average Bonchev–Trinajstić information content (AvgIpc) is 3.19. The second kappa shape index (κ2) is 9.37. The Morgan fingerprint density at radius 1 is 1.00 bits per heavy atom. The number of nitrogens with one attached hydrogen (secondary N) is 1. The van der Waals surface area contributed by atoms with Gasteiger partial charge in [0.1, 0.15) is 12.4 Å². The summed E-state index contributed by atoms with van der Waals surface area (Å²) in [7, 11) is 4.18. The molecule has 5 nitrogen and oxygen atoms in total. The molecule has 0 saturated heterocycles. The number of aromatic amines is 1. The number of hydrogen-bond acceptors (Lipinski definition) is 4. The van der Waals surface area contributed by atoms with Crippen molar-refractivity contribution < 1.29 is 4.74 Å². The van der Waals surface area contributed by atoms with Crippen molar-refractivity contribution in [3.8, 4) is 5.75 Å². The third kappa shape index (κ3) is 4.93. The summed E-state index contributed by atoms with van der Waals surface area (Å²) in [4.78, 5) is 13.9. The molecule has 30 heavy (non-hydrogen) atoms. The van der Waals surface area contributed by atoms with E-state index in [2.05, 4.69) is 64.4 Å². The molecule has 4 rings (SSSR count). The van der Waals surface area contributed by atoms with Crippen LogP contribution in [0.2, 0.25) is 0 Å². The van der Waals surface area contributed by atoms with Gasteiger partial charge in [-0.1, -0.05) is 30.4 Å². The summed E-state index contributed by atoms with van der Waals surface area (Å²) in [6, 6.07) is 14.6. The number of benzene rings is 1. The lowest BCUT2D eigenvalue weighted by molar-refractivity contribution is 0.184. The summed E-state index contributed by atoms with van der Waals surface area (Å²) in [6.45, 7) is 0.589. The fraction of sp³-hybridized carbons (Fsp3) is 0.200. The maximum atomic E-state index is 6.12. The van der Waals surface area contributed by atoms with E-state index < -0.39 is 0 Å². The van der Waals surface area contributed by atoms with E-state index in [9.17, 15) is 0 Å². The Morgan fingerprint density at radius 2 is 1.80 bits per heavy atom. The normalized spacial score (nSPS) is 12.6. The molecule has 5 heteroatoms. The number of para-hydroxylation sites is 1.